The maximum Gasteiger partial charge on any atom is 0.241 e. The summed E-state index contributed by atoms with van der Waals surface area (Å²) in [5.41, 5.74) is 0.237. The lowest BCUT2D eigenvalue weighted by molar-refractivity contribution is -0.0599. The summed E-state index contributed by atoms with van der Waals surface area (Å²) in [6, 6.07) is 4.65. The number of hydrogen-bond donors (Lipinski definition) is 2. The van der Waals surface area contributed by atoms with Gasteiger partial charge in [-0.1, -0.05) is 6.07 Å². The number of rotatable bonds is 4. The molecular weight excluding hydrogens is 358 g/mol. The van der Waals surface area contributed by atoms with Crippen molar-refractivity contribution < 1.29 is 18.3 Å². The van der Waals surface area contributed by atoms with Crippen LogP contribution in [0.3, 0.4) is 0 Å². The van der Waals surface area contributed by atoms with Crippen LogP contribution in [0.4, 0.5) is 0 Å². The van der Waals surface area contributed by atoms with Gasteiger partial charge in [0.2, 0.25) is 10.0 Å². The Balaban J connectivity index is 2.22. The van der Waals surface area contributed by atoms with Crippen molar-refractivity contribution in [3.05, 3.63) is 28.2 Å². The molecule has 0 amide bonds. The van der Waals surface area contributed by atoms with Crippen LogP contribution in [0.25, 0.3) is 0 Å². The SMILES string of the molecule is CC1(C)CC(NS(=O)(=O)c2cc(CO)ccc2Br)CCO1. The van der Waals surface area contributed by atoms with Crippen molar-refractivity contribution in [3.8, 4) is 0 Å². The molecule has 1 heterocycles. The highest BCUT2D eigenvalue weighted by Gasteiger charge is 2.32. The first-order valence-electron chi connectivity index (χ1n) is 6.79. The van der Waals surface area contributed by atoms with Gasteiger partial charge >= 0.3 is 0 Å². The van der Waals surface area contributed by atoms with E-state index in [0.29, 0.717) is 29.5 Å². The van der Waals surface area contributed by atoms with Crippen molar-refractivity contribution in [2.75, 3.05) is 6.61 Å². The predicted octanol–water partition coefficient (Wildman–Crippen LogP) is 2.18. The first-order chi connectivity index (χ1) is 9.73. The van der Waals surface area contributed by atoms with E-state index in [1.165, 1.54) is 6.07 Å². The Morgan fingerprint density at radius 1 is 1.48 bits per heavy atom. The molecule has 0 radical (unpaired) electrons. The Bertz CT molecular complexity index is 615. The molecule has 1 aromatic rings. The van der Waals surface area contributed by atoms with Gasteiger partial charge < -0.3 is 9.84 Å². The van der Waals surface area contributed by atoms with Crippen molar-refractivity contribution in [3.63, 3.8) is 0 Å². The Hall–Kier alpha value is -0.470. The minimum absolute atomic E-state index is 0.150. The number of sulfonamides is 1. The monoisotopic (exact) mass is 377 g/mol. The van der Waals surface area contributed by atoms with Crippen LogP contribution >= 0.6 is 15.9 Å². The minimum atomic E-state index is -3.64. The highest BCUT2D eigenvalue weighted by Crippen LogP contribution is 2.27. The van der Waals surface area contributed by atoms with E-state index in [-0.39, 0.29) is 23.1 Å². The maximum absolute atomic E-state index is 12.5. The molecule has 0 spiro atoms. The lowest BCUT2D eigenvalue weighted by atomic mass is 9.95. The van der Waals surface area contributed by atoms with Crippen molar-refractivity contribution in [2.45, 2.75) is 49.8 Å². The molecular formula is C14H20BrNO4S. The van der Waals surface area contributed by atoms with E-state index in [1.54, 1.807) is 12.1 Å². The Morgan fingerprint density at radius 3 is 2.81 bits per heavy atom. The van der Waals surface area contributed by atoms with E-state index in [2.05, 4.69) is 20.7 Å². The van der Waals surface area contributed by atoms with E-state index in [9.17, 15) is 8.42 Å². The fraction of sp³-hybridized carbons (Fsp3) is 0.571. The molecule has 7 heteroatoms. The minimum Gasteiger partial charge on any atom is -0.392 e. The first-order valence-corrected chi connectivity index (χ1v) is 9.07. The summed E-state index contributed by atoms with van der Waals surface area (Å²) < 4.78 is 33.9. The molecule has 2 rings (SSSR count). The summed E-state index contributed by atoms with van der Waals surface area (Å²) in [4.78, 5) is 0.151. The van der Waals surface area contributed by atoms with Crippen molar-refractivity contribution in [2.24, 2.45) is 0 Å². The van der Waals surface area contributed by atoms with Crippen LogP contribution in [-0.4, -0.2) is 31.8 Å². The quantitative estimate of drug-likeness (QED) is 0.842. The zero-order chi connectivity index (χ0) is 15.7. The summed E-state index contributed by atoms with van der Waals surface area (Å²) in [6.45, 7) is 4.25. The lowest BCUT2D eigenvalue weighted by Crippen LogP contribution is -2.45. The topological polar surface area (TPSA) is 75.6 Å². The highest BCUT2D eigenvalue weighted by molar-refractivity contribution is 9.10. The largest absolute Gasteiger partial charge is 0.392 e. The average molecular weight is 378 g/mol. The van der Waals surface area contributed by atoms with Gasteiger partial charge in [0.15, 0.2) is 0 Å². The van der Waals surface area contributed by atoms with Crippen molar-refractivity contribution in [1.29, 1.82) is 0 Å². The lowest BCUT2D eigenvalue weighted by Gasteiger charge is -2.35. The zero-order valence-corrected chi connectivity index (χ0v) is 14.5. The maximum atomic E-state index is 12.5. The molecule has 2 N–H and O–H groups in total. The fourth-order valence-corrected chi connectivity index (χ4v) is 4.75. The molecule has 0 bridgehead atoms. The second-order valence-corrected chi connectivity index (χ2v) is 8.38. The molecule has 1 aliphatic heterocycles. The molecule has 5 nitrogen and oxygen atoms in total. The molecule has 0 aliphatic carbocycles. The summed E-state index contributed by atoms with van der Waals surface area (Å²) in [6.07, 6.45) is 1.28. The van der Waals surface area contributed by atoms with E-state index >= 15 is 0 Å². The Kier molecular flexibility index (Phi) is 5.10. The third kappa shape index (κ3) is 4.26. The van der Waals surface area contributed by atoms with Crippen molar-refractivity contribution >= 4 is 26.0 Å². The van der Waals surface area contributed by atoms with Gasteiger partial charge in [-0.15, -0.1) is 0 Å². The Morgan fingerprint density at radius 2 is 2.19 bits per heavy atom. The first kappa shape index (κ1) is 16.9. The molecule has 1 atom stereocenters. The molecule has 1 fully saturated rings. The molecule has 1 aromatic carbocycles. The summed E-state index contributed by atoms with van der Waals surface area (Å²) in [5, 5.41) is 9.16. The average Bonchev–Trinajstić information content (AvgIpc) is 2.37. The molecule has 118 valence electrons. The van der Waals surface area contributed by atoms with Gasteiger partial charge in [0.25, 0.3) is 0 Å². The summed E-state index contributed by atoms with van der Waals surface area (Å²) in [7, 11) is -3.64. The van der Waals surface area contributed by atoms with Gasteiger partial charge in [-0.05, 0) is 60.3 Å². The molecule has 1 aliphatic rings. The van der Waals surface area contributed by atoms with Crippen LogP contribution in [0.15, 0.2) is 27.6 Å². The van der Waals surface area contributed by atoms with Gasteiger partial charge in [-0.25, -0.2) is 13.1 Å². The smallest absolute Gasteiger partial charge is 0.241 e. The van der Waals surface area contributed by atoms with Crippen LogP contribution in [-0.2, 0) is 21.4 Å². The molecule has 1 saturated heterocycles. The van der Waals surface area contributed by atoms with Crippen LogP contribution in [0.5, 0.6) is 0 Å². The third-order valence-corrected chi connectivity index (χ3v) is 6.00. The third-order valence-electron chi connectivity index (χ3n) is 3.49. The fourth-order valence-electron chi connectivity index (χ4n) is 2.47. The summed E-state index contributed by atoms with van der Waals surface area (Å²) in [5.74, 6) is 0. The zero-order valence-electron chi connectivity index (χ0n) is 12.1. The number of halogens is 1. The van der Waals surface area contributed by atoms with Gasteiger partial charge in [0.1, 0.15) is 0 Å². The van der Waals surface area contributed by atoms with Gasteiger partial charge in [-0.2, -0.15) is 0 Å². The van der Waals surface area contributed by atoms with Gasteiger partial charge in [-0.3, -0.25) is 0 Å². The van der Waals surface area contributed by atoms with Crippen LogP contribution in [0.2, 0.25) is 0 Å². The number of hydrogen-bond acceptors (Lipinski definition) is 4. The second-order valence-electron chi connectivity index (χ2n) is 5.84. The van der Waals surface area contributed by atoms with E-state index in [4.69, 9.17) is 9.84 Å². The van der Waals surface area contributed by atoms with Gasteiger partial charge in [0, 0.05) is 17.1 Å². The molecule has 0 aromatic heterocycles. The van der Waals surface area contributed by atoms with E-state index in [1.807, 2.05) is 13.8 Å². The van der Waals surface area contributed by atoms with Gasteiger partial charge in [0.05, 0.1) is 17.1 Å². The molecule has 0 saturated carbocycles. The predicted molar refractivity (Wildman–Crippen MR) is 83.4 cm³/mol. The van der Waals surface area contributed by atoms with Crippen LogP contribution in [0, 0.1) is 0 Å². The Labute approximate surface area is 133 Å². The molecule has 1 unspecified atom stereocenters. The standard InChI is InChI=1S/C14H20BrNO4S/c1-14(2)8-11(5-6-20-14)16-21(18,19)13-7-10(9-17)3-4-12(13)15/h3-4,7,11,16-17H,5-6,8-9H2,1-2H3. The number of aliphatic hydroxyl groups is 1. The van der Waals surface area contributed by atoms with E-state index < -0.39 is 10.0 Å². The number of ether oxygens (including phenoxy) is 1. The highest BCUT2D eigenvalue weighted by atomic mass is 79.9. The second kappa shape index (κ2) is 6.34. The summed E-state index contributed by atoms with van der Waals surface area (Å²) >= 11 is 3.26. The van der Waals surface area contributed by atoms with Crippen LogP contribution < -0.4 is 4.72 Å². The van der Waals surface area contributed by atoms with Crippen molar-refractivity contribution in [1.82, 2.24) is 4.72 Å². The van der Waals surface area contributed by atoms with Crippen LogP contribution in [0.1, 0.15) is 32.3 Å². The molecule has 21 heavy (non-hydrogen) atoms. The number of benzene rings is 1. The normalized spacial score (nSPS) is 22.2. The number of nitrogens with one attached hydrogen (secondary N) is 1. The van der Waals surface area contributed by atoms with E-state index in [0.717, 1.165) is 0 Å². The number of aliphatic hydroxyl groups excluding tert-OH is 1.